The zero-order chi connectivity index (χ0) is 14.4. The van der Waals surface area contributed by atoms with E-state index in [0.29, 0.717) is 24.4 Å². The number of hydrogen-bond acceptors (Lipinski definition) is 5. The molecule has 2 N–H and O–H groups in total. The van der Waals surface area contributed by atoms with Gasteiger partial charge in [0.1, 0.15) is 0 Å². The molecule has 0 unspecified atom stereocenters. The molecule has 0 aliphatic carbocycles. The number of benzene rings is 1. The number of aromatic nitrogens is 2. The van der Waals surface area contributed by atoms with Crippen molar-refractivity contribution in [2.24, 2.45) is 0 Å². The number of rotatable bonds is 6. The van der Waals surface area contributed by atoms with Crippen molar-refractivity contribution in [2.75, 3.05) is 6.54 Å². The lowest BCUT2D eigenvalue weighted by atomic mass is 10.1. The molecule has 0 aliphatic rings. The molecule has 0 atom stereocenters. The van der Waals surface area contributed by atoms with Crippen LogP contribution in [0.5, 0.6) is 0 Å². The number of nitrogens with one attached hydrogen (secondary N) is 1. The second-order valence-corrected chi connectivity index (χ2v) is 4.07. The molecule has 104 valence electrons. The first-order chi connectivity index (χ1) is 9.66. The first-order valence-electron chi connectivity index (χ1n) is 6.03. The van der Waals surface area contributed by atoms with Gasteiger partial charge in [-0.3, -0.25) is 9.59 Å². The van der Waals surface area contributed by atoms with Gasteiger partial charge < -0.3 is 14.8 Å². The van der Waals surface area contributed by atoms with Gasteiger partial charge in [-0.05, 0) is 30.7 Å². The van der Waals surface area contributed by atoms with Crippen LogP contribution in [0.3, 0.4) is 0 Å². The molecular weight excluding hydrogens is 262 g/mol. The molecule has 1 aromatic carbocycles. The third-order valence-corrected chi connectivity index (χ3v) is 2.61. The highest BCUT2D eigenvalue weighted by Crippen LogP contribution is 2.16. The summed E-state index contributed by atoms with van der Waals surface area (Å²) in [6.07, 6.45) is 1.68. The molecule has 7 nitrogen and oxygen atoms in total. The van der Waals surface area contributed by atoms with E-state index in [-0.39, 0.29) is 12.3 Å². The fourth-order valence-electron chi connectivity index (χ4n) is 1.61. The maximum atomic E-state index is 11.8. The Balaban J connectivity index is 1.89. The molecule has 1 aromatic heterocycles. The van der Waals surface area contributed by atoms with Gasteiger partial charge in [0.25, 0.3) is 5.91 Å². The Bertz CT molecular complexity index is 578. The van der Waals surface area contributed by atoms with Gasteiger partial charge in [0.05, 0.1) is 0 Å². The number of amides is 1. The molecule has 0 fully saturated rings. The highest BCUT2D eigenvalue weighted by Gasteiger charge is 2.07. The van der Waals surface area contributed by atoms with Gasteiger partial charge in [0.15, 0.2) is 0 Å². The highest BCUT2D eigenvalue weighted by molar-refractivity contribution is 5.94. The lowest BCUT2D eigenvalue weighted by Gasteiger charge is -2.04. The number of hydrogen-bond donors (Lipinski definition) is 2. The molecule has 0 spiro atoms. The first kappa shape index (κ1) is 13.7. The molecule has 1 amide bonds. The zero-order valence-electron chi connectivity index (χ0n) is 10.6. The van der Waals surface area contributed by atoms with Gasteiger partial charge in [0, 0.05) is 24.1 Å². The van der Waals surface area contributed by atoms with E-state index in [2.05, 4.69) is 15.5 Å². The predicted molar refractivity (Wildman–Crippen MR) is 68.9 cm³/mol. The zero-order valence-corrected chi connectivity index (χ0v) is 10.6. The second-order valence-electron chi connectivity index (χ2n) is 4.07. The van der Waals surface area contributed by atoms with Gasteiger partial charge in [-0.1, -0.05) is 0 Å². The lowest BCUT2D eigenvalue weighted by molar-refractivity contribution is -0.137. The SMILES string of the molecule is O=C(O)CCCNC(=O)c1ccc(-c2nnco2)cc1. The largest absolute Gasteiger partial charge is 0.481 e. The van der Waals surface area contributed by atoms with Gasteiger partial charge in [-0.2, -0.15) is 0 Å². The molecule has 0 saturated heterocycles. The molecular formula is C13H13N3O4. The summed E-state index contributed by atoms with van der Waals surface area (Å²) in [5.74, 6) is -0.728. The van der Waals surface area contributed by atoms with Crippen LogP contribution < -0.4 is 5.32 Å². The van der Waals surface area contributed by atoms with Crippen LogP contribution in [0.2, 0.25) is 0 Å². The monoisotopic (exact) mass is 275 g/mol. The van der Waals surface area contributed by atoms with E-state index >= 15 is 0 Å². The summed E-state index contributed by atoms with van der Waals surface area (Å²) in [4.78, 5) is 22.1. The normalized spacial score (nSPS) is 10.2. The Morgan fingerprint density at radius 2 is 2.00 bits per heavy atom. The van der Waals surface area contributed by atoms with Crippen molar-refractivity contribution in [1.29, 1.82) is 0 Å². The Labute approximate surface area is 114 Å². The van der Waals surface area contributed by atoms with Crippen molar-refractivity contribution < 1.29 is 19.1 Å². The maximum absolute atomic E-state index is 11.8. The van der Waals surface area contributed by atoms with Crippen molar-refractivity contribution in [3.05, 3.63) is 36.2 Å². The number of carboxylic acid groups (broad SMARTS) is 1. The van der Waals surface area contributed by atoms with Crippen LogP contribution in [0.25, 0.3) is 11.5 Å². The topological polar surface area (TPSA) is 105 Å². The van der Waals surface area contributed by atoms with E-state index in [0.717, 1.165) is 5.56 Å². The molecule has 0 radical (unpaired) electrons. The van der Waals surface area contributed by atoms with E-state index in [9.17, 15) is 9.59 Å². The maximum Gasteiger partial charge on any atom is 0.303 e. The number of carboxylic acids is 1. The second kappa shape index (κ2) is 6.46. The van der Waals surface area contributed by atoms with E-state index in [4.69, 9.17) is 9.52 Å². The van der Waals surface area contributed by atoms with Crippen LogP contribution in [0.15, 0.2) is 35.1 Å². The molecule has 20 heavy (non-hydrogen) atoms. The third kappa shape index (κ3) is 3.64. The van der Waals surface area contributed by atoms with Crippen LogP contribution in [-0.4, -0.2) is 33.7 Å². The number of nitrogens with zero attached hydrogens (tertiary/aromatic N) is 2. The summed E-state index contributed by atoms with van der Waals surface area (Å²) in [5, 5.41) is 18.5. The Morgan fingerprint density at radius 3 is 2.60 bits per heavy atom. The van der Waals surface area contributed by atoms with E-state index in [1.54, 1.807) is 24.3 Å². The summed E-state index contributed by atoms with van der Waals surface area (Å²) < 4.78 is 5.04. The fraction of sp³-hybridized carbons (Fsp3) is 0.231. The fourth-order valence-corrected chi connectivity index (χ4v) is 1.61. The van der Waals surface area contributed by atoms with Gasteiger partial charge in [-0.25, -0.2) is 0 Å². The minimum Gasteiger partial charge on any atom is -0.481 e. The number of aliphatic carboxylic acids is 1. The van der Waals surface area contributed by atoms with Crippen LogP contribution in [0.1, 0.15) is 23.2 Å². The molecule has 0 bridgehead atoms. The average molecular weight is 275 g/mol. The quantitative estimate of drug-likeness (QED) is 0.770. The summed E-state index contributed by atoms with van der Waals surface area (Å²) in [5.41, 5.74) is 1.22. The number of carbonyl (C=O) groups excluding carboxylic acids is 1. The molecule has 0 saturated carbocycles. The van der Waals surface area contributed by atoms with Crippen molar-refractivity contribution in [2.45, 2.75) is 12.8 Å². The van der Waals surface area contributed by atoms with Crippen molar-refractivity contribution in [1.82, 2.24) is 15.5 Å². The van der Waals surface area contributed by atoms with Crippen molar-refractivity contribution >= 4 is 11.9 Å². The Hall–Kier alpha value is -2.70. The van der Waals surface area contributed by atoms with E-state index < -0.39 is 5.97 Å². The minimum absolute atomic E-state index is 0.0381. The predicted octanol–water partition coefficient (Wildman–Crippen LogP) is 1.33. The van der Waals surface area contributed by atoms with Crippen LogP contribution >= 0.6 is 0 Å². The summed E-state index contributed by atoms with van der Waals surface area (Å²) in [7, 11) is 0. The molecule has 7 heteroatoms. The Kier molecular flexibility index (Phi) is 4.43. The van der Waals surface area contributed by atoms with Crippen LogP contribution in [-0.2, 0) is 4.79 Å². The van der Waals surface area contributed by atoms with Gasteiger partial charge in [-0.15, -0.1) is 10.2 Å². The van der Waals surface area contributed by atoms with E-state index in [1.807, 2.05) is 0 Å². The van der Waals surface area contributed by atoms with Gasteiger partial charge >= 0.3 is 5.97 Å². The molecule has 1 heterocycles. The number of carbonyl (C=O) groups is 2. The summed E-state index contributed by atoms with van der Waals surface area (Å²) in [6, 6.07) is 6.71. The van der Waals surface area contributed by atoms with Crippen molar-refractivity contribution in [3.63, 3.8) is 0 Å². The van der Waals surface area contributed by atoms with Gasteiger partial charge in [0.2, 0.25) is 12.3 Å². The average Bonchev–Trinajstić information content (AvgIpc) is 2.97. The van der Waals surface area contributed by atoms with Crippen LogP contribution in [0.4, 0.5) is 0 Å². The molecule has 0 aliphatic heterocycles. The summed E-state index contributed by atoms with van der Waals surface area (Å²) in [6.45, 7) is 0.330. The minimum atomic E-state index is -0.872. The Morgan fingerprint density at radius 1 is 1.25 bits per heavy atom. The van der Waals surface area contributed by atoms with E-state index in [1.165, 1.54) is 6.39 Å². The standard InChI is InChI=1S/C13H13N3O4/c17-11(18)2-1-7-14-12(19)9-3-5-10(6-4-9)13-16-15-8-20-13/h3-6,8H,1-2,7H2,(H,14,19)(H,17,18). The van der Waals surface area contributed by atoms with Crippen molar-refractivity contribution in [3.8, 4) is 11.5 Å². The smallest absolute Gasteiger partial charge is 0.303 e. The lowest BCUT2D eigenvalue weighted by Crippen LogP contribution is -2.24. The first-order valence-corrected chi connectivity index (χ1v) is 6.03. The summed E-state index contributed by atoms with van der Waals surface area (Å²) >= 11 is 0. The third-order valence-electron chi connectivity index (χ3n) is 2.61. The van der Waals surface area contributed by atoms with Crippen LogP contribution in [0, 0.1) is 0 Å². The molecule has 2 aromatic rings. The molecule has 2 rings (SSSR count). The highest BCUT2D eigenvalue weighted by atomic mass is 16.4.